The number of carbonyl (C=O) groups is 1. The Bertz CT molecular complexity index is 424. The van der Waals surface area contributed by atoms with E-state index in [0.717, 1.165) is 0 Å². The molecular formula is C12H17BrN2O3. The first-order valence-corrected chi connectivity index (χ1v) is 6.30. The molecule has 0 radical (unpaired) electrons. The summed E-state index contributed by atoms with van der Waals surface area (Å²) >= 11 is 3.30. The van der Waals surface area contributed by atoms with Crippen LogP contribution in [0.5, 0.6) is 5.75 Å². The van der Waals surface area contributed by atoms with E-state index in [1.54, 1.807) is 25.1 Å². The van der Waals surface area contributed by atoms with Gasteiger partial charge in [0.25, 0.3) is 5.91 Å². The lowest BCUT2D eigenvalue weighted by atomic mass is 10.1. The monoisotopic (exact) mass is 316 g/mol. The van der Waals surface area contributed by atoms with Gasteiger partial charge in [0.2, 0.25) is 0 Å². The Balaban J connectivity index is 2.72. The third-order valence-corrected chi connectivity index (χ3v) is 3.23. The number of rotatable bonds is 5. The number of aliphatic hydroxyl groups is 1. The van der Waals surface area contributed by atoms with Crippen LogP contribution in [0.1, 0.15) is 17.3 Å². The van der Waals surface area contributed by atoms with Gasteiger partial charge >= 0.3 is 0 Å². The highest BCUT2D eigenvalue weighted by molar-refractivity contribution is 9.10. The molecule has 1 amide bonds. The zero-order valence-electron chi connectivity index (χ0n) is 10.3. The average Bonchev–Trinajstić information content (AvgIpc) is 2.35. The molecule has 0 saturated carbocycles. The number of hydrogen-bond acceptors (Lipinski definition) is 4. The lowest BCUT2D eigenvalue weighted by Crippen LogP contribution is -2.43. The molecule has 1 rings (SSSR count). The van der Waals surface area contributed by atoms with Crippen molar-refractivity contribution in [3.05, 3.63) is 28.2 Å². The number of carbonyl (C=O) groups excluding carboxylic acids is 1. The van der Waals surface area contributed by atoms with Crippen molar-refractivity contribution in [2.24, 2.45) is 5.73 Å². The molecule has 0 saturated heterocycles. The van der Waals surface area contributed by atoms with Gasteiger partial charge in [0.05, 0.1) is 18.8 Å². The number of nitrogens with two attached hydrogens (primary N) is 1. The van der Waals surface area contributed by atoms with Crippen LogP contribution in [0.3, 0.4) is 0 Å². The van der Waals surface area contributed by atoms with Gasteiger partial charge < -0.3 is 20.9 Å². The van der Waals surface area contributed by atoms with Crippen molar-refractivity contribution in [2.75, 3.05) is 13.7 Å². The minimum absolute atomic E-state index is 0.208. The summed E-state index contributed by atoms with van der Waals surface area (Å²) in [4.78, 5) is 11.9. The summed E-state index contributed by atoms with van der Waals surface area (Å²) in [6.45, 7) is 1.79. The minimum atomic E-state index is -0.668. The zero-order chi connectivity index (χ0) is 13.7. The second-order valence-electron chi connectivity index (χ2n) is 3.96. The summed E-state index contributed by atoms with van der Waals surface area (Å²) in [5.74, 6) is 0.333. The van der Waals surface area contributed by atoms with Crippen LogP contribution in [0.4, 0.5) is 0 Å². The molecular weight excluding hydrogens is 300 g/mol. The Kier molecular flexibility index (Phi) is 5.58. The predicted molar refractivity (Wildman–Crippen MR) is 72.7 cm³/mol. The van der Waals surface area contributed by atoms with Gasteiger partial charge in [0.15, 0.2) is 0 Å². The van der Waals surface area contributed by atoms with Crippen LogP contribution in [0.2, 0.25) is 0 Å². The van der Waals surface area contributed by atoms with Gasteiger partial charge in [0, 0.05) is 17.1 Å². The molecule has 0 aliphatic rings. The van der Waals surface area contributed by atoms with Crippen LogP contribution < -0.4 is 15.8 Å². The third kappa shape index (κ3) is 3.97. The van der Waals surface area contributed by atoms with Gasteiger partial charge in [-0.3, -0.25) is 4.79 Å². The summed E-state index contributed by atoms with van der Waals surface area (Å²) in [6, 6.07) is 4.64. The van der Waals surface area contributed by atoms with E-state index in [9.17, 15) is 9.90 Å². The molecule has 0 fully saturated rings. The van der Waals surface area contributed by atoms with Crippen LogP contribution in [0.25, 0.3) is 0 Å². The fraction of sp³-hybridized carbons (Fsp3) is 0.417. The lowest BCUT2D eigenvalue weighted by molar-refractivity contribution is 0.0936. The second-order valence-corrected chi connectivity index (χ2v) is 4.81. The van der Waals surface area contributed by atoms with Gasteiger partial charge in [-0.1, -0.05) is 0 Å². The van der Waals surface area contributed by atoms with Gasteiger partial charge in [-0.05, 0) is 41.1 Å². The maximum atomic E-state index is 11.9. The highest BCUT2D eigenvalue weighted by Crippen LogP contribution is 2.22. The number of nitrogens with one attached hydrogen (secondary N) is 1. The van der Waals surface area contributed by atoms with Crippen LogP contribution in [-0.2, 0) is 0 Å². The molecule has 0 aliphatic carbocycles. The first-order valence-electron chi connectivity index (χ1n) is 5.51. The first-order chi connectivity index (χ1) is 8.45. The smallest absolute Gasteiger partial charge is 0.252 e. The predicted octanol–water partition coefficient (Wildman–Crippen LogP) is 0.896. The Morgan fingerprint density at radius 3 is 2.83 bits per heavy atom. The van der Waals surface area contributed by atoms with Gasteiger partial charge in [-0.25, -0.2) is 0 Å². The number of ether oxygens (including phenoxy) is 1. The van der Waals surface area contributed by atoms with Crippen molar-refractivity contribution < 1.29 is 14.6 Å². The fourth-order valence-corrected chi connectivity index (χ4v) is 1.71. The number of methoxy groups -OCH3 is 1. The number of aliphatic hydroxyl groups excluding tert-OH is 1. The van der Waals surface area contributed by atoms with E-state index in [4.69, 9.17) is 10.5 Å². The van der Waals surface area contributed by atoms with E-state index < -0.39 is 12.1 Å². The van der Waals surface area contributed by atoms with E-state index in [1.165, 1.54) is 7.11 Å². The molecule has 0 bridgehead atoms. The molecule has 6 heteroatoms. The molecule has 2 unspecified atom stereocenters. The topological polar surface area (TPSA) is 84.6 Å². The molecule has 2 atom stereocenters. The Morgan fingerprint density at radius 2 is 2.28 bits per heavy atom. The molecule has 0 spiro atoms. The Labute approximate surface area is 114 Å². The molecule has 0 aromatic heterocycles. The second kappa shape index (κ2) is 6.72. The van der Waals surface area contributed by atoms with Crippen LogP contribution in [0, 0.1) is 0 Å². The number of amides is 1. The minimum Gasteiger partial charge on any atom is -0.497 e. The molecule has 0 heterocycles. The summed E-state index contributed by atoms with van der Waals surface area (Å²) in [7, 11) is 1.54. The SMILES string of the molecule is COc1ccc(Br)c(C(=O)NCC(N)C(C)O)c1. The molecule has 100 valence electrons. The van der Waals surface area contributed by atoms with Gasteiger partial charge in [-0.15, -0.1) is 0 Å². The molecule has 4 N–H and O–H groups in total. The van der Waals surface area contributed by atoms with Crippen LogP contribution >= 0.6 is 15.9 Å². The third-order valence-electron chi connectivity index (χ3n) is 2.54. The van der Waals surface area contributed by atoms with Crippen molar-refractivity contribution in [1.29, 1.82) is 0 Å². The van der Waals surface area contributed by atoms with E-state index in [-0.39, 0.29) is 12.5 Å². The summed E-state index contributed by atoms with van der Waals surface area (Å²) in [5, 5.41) is 11.9. The van der Waals surface area contributed by atoms with Gasteiger partial charge in [0.1, 0.15) is 5.75 Å². The molecule has 0 aliphatic heterocycles. The zero-order valence-corrected chi connectivity index (χ0v) is 11.9. The normalized spacial score (nSPS) is 13.8. The highest BCUT2D eigenvalue weighted by atomic mass is 79.9. The lowest BCUT2D eigenvalue weighted by Gasteiger charge is -2.15. The Morgan fingerprint density at radius 1 is 1.61 bits per heavy atom. The van der Waals surface area contributed by atoms with Crippen molar-refractivity contribution in [3.8, 4) is 5.75 Å². The summed E-state index contributed by atoms with van der Waals surface area (Å²) in [6.07, 6.45) is -0.668. The highest BCUT2D eigenvalue weighted by Gasteiger charge is 2.14. The Hall–Kier alpha value is -1.11. The summed E-state index contributed by atoms with van der Waals surface area (Å²) in [5.41, 5.74) is 6.10. The number of benzene rings is 1. The molecule has 18 heavy (non-hydrogen) atoms. The van der Waals surface area contributed by atoms with E-state index in [0.29, 0.717) is 15.8 Å². The molecule has 1 aromatic rings. The summed E-state index contributed by atoms with van der Waals surface area (Å²) < 4.78 is 5.73. The van der Waals surface area contributed by atoms with Gasteiger partial charge in [-0.2, -0.15) is 0 Å². The van der Waals surface area contributed by atoms with Crippen molar-refractivity contribution in [2.45, 2.75) is 19.1 Å². The number of hydrogen-bond donors (Lipinski definition) is 3. The van der Waals surface area contributed by atoms with Crippen molar-refractivity contribution >= 4 is 21.8 Å². The van der Waals surface area contributed by atoms with Crippen molar-refractivity contribution in [1.82, 2.24) is 5.32 Å². The quantitative estimate of drug-likeness (QED) is 0.753. The largest absolute Gasteiger partial charge is 0.497 e. The maximum absolute atomic E-state index is 11.9. The fourth-order valence-electron chi connectivity index (χ4n) is 1.28. The van der Waals surface area contributed by atoms with Crippen LogP contribution in [-0.4, -0.2) is 36.8 Å². The average molecular weight is 317 g/mol. The van der Waals surface area contributed by atoms with E-state index >= 15 is 0 Å². The van der Waals surface area contributed by atoms with Crippen LogP contribution in [0.15, 0.2) is 22.7 Å². The van der Waals surface area contributed by atoms with E-state index in [2.05, 4.69) is 21.2 Å². The molecule has 5 nitrogen and oxygen atoms in total. The standard InChI is InChI=1S/C12H17BrN2O3/c1-7(16)11(14)6-15-12(17)9-5-8(18-2)3-4-10(9)13/h3-5,7,11,16H,6,14H2,1-2H3,(H,15,17). The molecule has 1 aromatic carbocycles. The number of halogens is 1. The van der Waals surface area contributed by atoms with Crippen molar-refractivity contribution in [3.63, 3.8) is 0 Å². The maximum Gasteiger partial charge on any atom is 0.252 e. The first kappa shape index (κ1) is 14.9. The van der Waals surface area contributed by atoms with E-state index in [1.807, 2.05) is 0 Å².